The van der Waals surface area contributed by atoms with Crippen molar-refractivity contribution in [3.8, 4) is 0 Å². The third-order valence-electron chi connectivity index (χ3n) is 8.14. The Bertz CT molecular complexity index is 1450. The predicted octanol–water partition coefficient (Wildman–Crippen LogP) is 10.6. The van der Waals surface area contributed by atoms with Gasteiger partial charge in [0, 0.05) is 0 Å². The molecule has 6 rings (SSSR count). The quantitative estimate of drug-likeness (QED) is 0.184. The highest BCUT2D eigenvalue weighted by Crippen LogP contribution is 2.45. The Hall–Kier alpha value is -2.86. The van der Waals surface area contributed by atoms with Gasteiger partial charge in [0.15, 0.2) is 0 Å². The molecule has 0 radical (unpaired) electrons. The molecular weight excluding hydrogens is 408 g/mol. The lowest BCUT2D eigenvalue weighted by atomic mass is 9.83. The Balaban J connectivity index is 1.41. The molecule has 0 aliphatic carbocycles. The molecule has 0 aromatic heterocycles. The molecule has 0 heteroatoms. The summed E-state index contributed by atoms with van der Waals surface area (Å²) in [7, 11) is 0. The molecule has 0 nitrogen and oxygen atoms in total. The van der Waals surface area contributed by atoms with E-state index >= 15 is 0 Å². The van der Waals surface area contributed by atoms with Gasteiger partial charge in [-0.25, -0.2) is 0 Å². The topological polar surface area (TPSA) is 0 Å². The van der Waals surface area contributed by atoms with Gasteiger partial charge in [0.1, 0.15) is 0 Å². The molecule has 172 valence electrons. The van der Waals surface area contributed by atoms with Crippen LogP contribution in [0.1, 0.15) is 76.3 Å². The van der Waals surface area contributed by atoms with Gasteiger partial charge in [-0.2, -0.15) is 0 Å². The van der Waals surface area contributed by atoms with Gasteiger partial charge in [0.05, 0.1) is 0 Å². The monoisotopic (exact) mass is 444 g/mol. The summed E-state index contributed by atoms with van der Waals surface area (Å²) in [5.41, 5.74) is 3.23. The van der Waals surface area contributed by atoms with E-state index in [9.17, 15) is 0 Å². The molecular formula is C34H36. The van der Waals surface area contributed by atoms with E-state index in [0.717, 1.165) is 0 Å². The van der Waals surface area contributed by atoms with Gasteiger partial charge in [0.25, 0.3) is 0 Å². The first kappa shape index (κ1) is 21.7. The number of unbranched alkanes of at least 4 members (excludes halogenated alkanes) is 6. The molecule has 34 heavy (non-hydrogen) atoms. The highest BCUT2D eigenvalue weighted by atomic mass is 14.2. The molecule has 0 N–H and O–H groups in total. The van der Waals surface area contributed by atoms with Crippen molar-refractivity contribution >= 4 is 53.9 Å². The zero-order chi connectivity index (χ0) is 23.1. The maximum atomic E-state index is 2.56. The van der Waals surface area contributed by atoms with E-state index in [2.05, 4.69) is 74.5 Å². The van der Waals surface area contributed by atoms with Gasteiger partial charge in [-0.15, -0.1) is 0 Å². The Morgan fingerprint density at radius 1 is 0.412 bits per heavy atom. The molecule has 0 fully saturated rings. The minimum atomic E-state index is 1.24. The van der Waals surface area contributed by atoms with Crippen molar-refractivity contribution in [2.75, 3.05) is 0 Å². The van der Waals surface area contributed by atoms with Gasteiger partial charge in [-0.05, 0) is 115 Å². The first-order valence-corrected chi connectivity index (χ1v) is 13.7. The third-order valence-corrected chi connectivity index (χ3v) is 8.14. The largest absolute Gasteiger partial charge is 0.0654 e. The van der Waals surface area contributed by atoms with Crippen LogP contribution in [0.2, 0.25) is 0 Å². The van der Waals surface area contributed by atoms with Gasteiger partial charge < -0.3 is 0 Å². The van der Waals surface area contributed by atoms with Crippen LogP contribution in [0, 0.1) is 0 Å². The van der Waals surface area contributed by atoms with Crippen molar-refractivity contribution in [2.45, 2.75) is 78.1 Å². The van der Waals surface area contributed by atoms with Crippen LogP contribution in [0.4, 0.5) is 0 Å². The summed E-state index contributed by atoms with van der Waals surface area (Å²) in [4.78, 5) is 0. The summed E-state index contributed by atoms with van der Waals surface area (Å²) in [6.45, 7) is 4.61. The third kappa shape index (κ3) is 3.59. The van der Waals surface area contributed by atoms with Crippen LogP contribution in [-0.4, -0.2) is 0 Å². The van der Waals surface area contributed by atoms with E-state index in [1.807, 2.05) is 0 Å². The lowest BCUT2D eigenvalue weighted by Crippen LogP contribution is -1.99. The number of aryl methyl sites for hydroxylation is 2. The van der Waals surface area contributed by atoms with Gasteiger partial charge in [-0.1, -0.05) is 88.8 Å². The van der Waals surface area contributed by atoms with Crippen molar-refractivity contribution in [1.82, 2.24) is 0 Å². The molecule has 6 aromatic rings. The molecule has 0 atom stereocenters. The Morgan fingerprint density at radius 2 is 0.794 bits per heavy atom. The second kappa shape index (κ2) is 9.06. The highest BCUT2D eigenvalue weighted by Gasteiger charge is 2.18. The second-order valence-electron chi connectivity index (χ2n) is 10.5. The summed E-state index contributed by atoms with van der Waals surface area (Å²) in [5, 5.41) is 14.4. The van der Waals surface area contributed by atoms with Crippen LogP contribution in [0.15, 0.2) is 60.7 Å². The number of fused-ring (bicyclic) bond motifs is 9. The zero-order valence-electron chi connectivity index (χ0n) is 20.8. The van der Waals surface area contributed by atoms with E-state index in [4.69, 9.17) is 0 Å². The van der Waals surface area contributed by atoms with Gasteiger partial charge in [0.2, 0.25) is 0 Å². The van der Waals surface area contributed by atoms with E-state index in [0.29, 0.717) is 0 Å². The highest BCUT2D eigenvalue weighted by molar-refractivity contribution is 6.35. The van der Waals surface area contributed by atoms with Crippen molar-refractivity contribution < 1.29 is 0 Å². The minimum absolute atomic E-state index is 1.24. The van der Waals surface area contributed by atoms with Crippen molar-refractivity contribution in [3.05, 3.63) is 71.8 Å². The van der Waals surface area contributed by atoms with Crippen molar-refractivity contribution in [3.63, 3.8) is 0 Å². The summed E-state index contributed by atoms with van der Waals surface area (Å²) in [5.74, 6) is 0. The van der Waals surface area contributed by atoms with Crippen LogP contribution in [0.25, 0.3) is 53.9 Å². The molecule has 0 amide bonds. The maximum absolute atomic E-state index is 2.56. The number of rotatable bonds is 10. The van der Waals surface area contributed by atoms with Crippen molar-refractivity contribution in [2.24, 2.45) is 0 Å². The molecule has 0 saturated carbocycles. The minimum Gasteiger partial charge on any atom is -0.0654 e. The fraction of sp³-hybridized carbons (Fsp3) is 0.353. The predicted molar refractivity (Wildman–Crippen MR) is 152 cm³/mol. The Kier molecular flexibility index (Phi) is 5.77. The molecule has 6 aromatic carbocycles. The fourth-order valence-electron chi connectivity index (χ4n) is 6.14. The van der Waals surface area contributed by atoms with Gasteiger partial charge >= 0.3 is 0 Å². The summed E-state index contributed by atoms with van der Waals surface area (Å²) in [6.07, 6.45) is 13.2. The Labute approximate surface area is 203 Å². The van der Waals surface area contributed by atoms with Gasteiger partial charge in [-0.3, -0.25) is 0 Å². The molecule has 0 bridgehead atoms. The maximum Gasteiger partial charge on any atom is -0.00921 e. The van der Waals surface area contributed by atoms with Crippen LogP contribution in [0.3, 0.4) is 0 Å². The number of benzene rings is 4. The molecule has 0 spiro atoms. The zero-order valence-corrected chi connectivity index (χ0v) is 20.8. The second-order valence-corrected chi connectivity index (χ2v) is 10.5. The normalized spacial score (nSPS) is 12.4. The van der Waals surface area contributed by atoms with Crippen LogP contribution in [0.5, 0.6) is 0 Å². The first-order valence-electron chi connectivity index (χ1n) is 13.7. The summed E-state index contributed by atoms with van der Waals surface area (Å²) in [6, 6.07) is 23.6. The SMILES string of the molecule is CCCCCCc1cc2c(cc1CCCCCC)c1cc3c4cc5ccccc5cc4c3cc21. The van der Waals surface area contributed by atoms with Crippen LogP contribution in [-0.2, 0) is 12.8 Å². The van der Waals surface area contributed by atoms with Crippen LogP contribution >= 0.6 is 0 Å². The number of hydrogen-bond acceptors (Lipinski definition) is 0. The smallest absolute Gasteiger partial charge is 0.00921 e. The van der Waals surface area contributed by atoms with Crippen molar-refractivity contribution in [1.29, 1.82) is 0 Å². The first-order chi connectivity index (χ1) is 16.8. The summed E-state index contributed by atoms with van der Waals surface area (Å²) >= 11 is 0. The lowest BCUT2D eigenvalue weighted by molar-refractivity contribution is 0.651. The Morgan fingerprint density at radius 3 is 1.21 bits per heavy atom. The molecule has 0 aliphatic heterocycles. The van der Waals surface area contributed by atoms with Crippen LogP contribution < -0.4 is 0 Å². The summed E-state index contributed by atoms with van der Waals surface area (Å²) < 4.78 is 0. The van der Waals surface area contributed by atoms with E-state index in [1.165, 1.54) is 118 Å². The molecule has 0 unspecified atom stereocenters. The van der Waals surface area contributed by atoms with E-state index < -0.39 is 0 Å². The van der Waals surface area contributed by atoms with E-state index in [-0.39, 0.29) is 0 Å². The standard InChI is InChI=1S/C34H36/c1-3-5-7-9-13-23-17-27-28(18-24(23)14-10-8-6-4-2)32-22-34-30-20-26-16-12-11-15-25(26)19-29(30)33(34)21-31(27)32/h11-12,15-22H,3-10,13-14H2,1-2H3. The fourth-order valence-corrected chi connectivity index (χ4v) is 6.14. The number of hydrogen-bond donors (Lipinski definition) is 0. The molecule has 0 heterocycles. The lowest BCUT2D eigenvalue weighted by Gasteiger charge is -2.21. The molecule has 0 saturated heterocycles. The average molecular weight is 445 g/mol. The average Bonchev–Trinajstić information content (AvgIpc) is 2.86. The van der Waals surface area contributed by atoms with E-state index in [1.54, 1.807) is 11.1 Å². The molecule has 0 aliphatic rings.